The molecule has 0 amide bonds. The molecule has 0 spiro atoms. The van der Waals surface area contributed by atoms with Gasteiger partial charge in [-0.25, -0.2) is 0 Å². The van der Waals surface area contributed by atoms with Gasteiger partial charge in [-0.15, -0.1) is 0 Å². The van der Waals surface area contributed by atoms with E-state index in [0.717, 1.165) is 41.3 Å². The molecule has 1 saturated heterocycles. The predicted molar refractivity (Wildman–Crippen MR) is 72.3 cm³/mol. The van der Waals surface area contributed by atoms with Gasteiger partial charge in [-0.2, -0.15) is 0 Å². The number of ether oxygens (including phenoxy) is 2. The van der Waals surface area contributed by atoms with Gasteiger partial charge in [0.1, 0.15) is 11.5 Å². The highest BCUT2D eigenvalue weighted by Crippen LogP contribution is 2.38. The smallest absolute Gasteiger partial charge is 0.127 e. The SMILES string of the molecule is COc1cc(C(N)C2CNC2)c(OC)c(C)c1C. The highest BCUT2D eigenvalue weighted by Gasteiger charge is 2.29. The maximum Gasteiger partial charge on any atom is 0.127 e. The molecule has 1 atom stereocenters. The van der Waals surface area contributed by atoms with Crippen LogP contribution in [0, 0.1) is 19.8 Å². The second-order valence-corrected chi connectivity index (χ2v) is 4.90. The van der Waals surface area contributed by atoms with Gasteiger partial charge < -0.3 is 20.5 Å². The lowest BCUT2D eigenvalue weighted by Crippen LogP contribution is -2.47. The van der Waals surface area contributed by atoms with Gasteiger partial charge >= 0.3 is 0 Å². The fraction of sp³-hybridized carbons (Fsp3) is 0.571. The lowest BCUT2D eigenvalue weighted by atomic mass is 9.87. The van der Waals surface area contributed by atoms with Crippen LogP contribution in [0.2, 0.25) is 0 Å². The maximum absolute atomic E-state index is 6.34. The van der Waals surface area contributed by atoms with E-state index in [4.69, 9.17) is 15.2 Å². The van der Waals surface area contributed by atoms with Crippen LogP contribution >= 0.6 is 0 Å². The molecule has 0 saturated carbocycles. The molecule has 100 valence electrons. The van der Waals surface area contributed by atoms with E-state index < -0.39 is 0 Å². The van der Waals surface area contributed by atoms with Crippen molar-refractivity contribution in [3.05, 3.63) is 22.8 Å². The summed E-state index contributed by atoms with van der Waals surface area (Å²) in [5.74, 6) is 2.25. The van der Waals surface area contributed by atoms with Crippen LogP contribution in [0.15, 0.2) is 6.07 Å². The second kappa shape index (κ2) is 5.16. The number of hydrogen-bond donors (Lipinski definition) is 2. The molecule has 0 radical (unpaired) electrons. The van der Waals surface area contributed by atoms with Crippen LogP contribution in [-0.2, 0) is 0 Å². The summed E-state index contributed by atoms with van der Waals surface area (Å²) in [6.07, 6.45) is 0. The van der Waals surface area contributed by atoms with Crippen molar-refractivity contribution in [3.63, 3.8) is 0 Å². The summed E-state index contributed by atoms with van der Waals surface area (Å²) in [5.41, 5.74) is 9.60. The summed E-state index contributed by atoms with van der Waals surface area (Å²) in [4.78, 5) is 0. The highest BCUT2D eigenvalue weighted by atomic mass is 16.5. The first kappa shape index (κ1) is 13.2. The van der Waals surface area contributed by atoms with Crippen LogP contribution in [0.25, 0.3) is 0 Å². The molecule has 1 unspecified atom stereocenters. The summed E-state index contributed by atoms with van der Waals surface area (Å²) in [7, 11) is 3.39. The normalized spacial score (nSPS) is 17.2. The van der Waals surface area contributed by atoms with E-state index in [-0.39, 0.29) is 6.04 Å². The molecular weight excluding hydrogens is 228 g/mol. The zero-order chi connectivity index (χ0) is 13.3. The second-order valence-electron chi connectivity index (χ2n) is 4.90. The van der Waals surface area contributed by atoms with Gasteiger partial charge in [-0.1, -0.05) is 0 Å². The molecule has 1 aromatic rings. The molecular formula is C14H22N2O2. The predicted octanol–water partition coefficient (Wildman–Crippen LogP) is 1.54. The molecule has 3 N–H and O–H groups in total. The van der Waals surface area contributed by atoms with Gasteiger partial charge in [0.25, 0.3) is 0 Å². The molecule has 0 aliphatic carbocycles. The Morgan fingerprint density at radius 3 is 2.33 bits per heavy atom. The van der Waals surface area contributed by atoms with Gasteiger partial charge in [0.05, 0.1) is 14.2 Å². The van der Waals surface area contributed by atoms with Crippen molar-refractivity contribution in [2.24, 2.45) is 11.7 Å². The third kappa shape index (κ3) is 2.06. The number of nitrogens with two attached hydrogens (primary N) is 1. The molecule has 1 aliphatic rings. The molecule has 4 heteroatoms. The Bertz CT molecular complexity index is 442. The number of benzene rings is 1. The van der Waals surface area contributed by atoms with Crippen molar-refractivity contribution in [3.8, 4) is 11.5 Å². The minimum absolute atomic E-state index is 0.00519. The van der Waals surface area contributed by atoms with E-state index in [2.05, 4.69) is 5.32 Å². The average Bonchev–Trinajstić information content (AvgIpc) is 2.30. The van der Waals surface area contributed by atoms with Gasteiger partial charge in [-0.05, 0) is 31.0 Å². The van der Waals surface area contributed by atoms with Crippen molar-refractivity contribution in [2.75, 3.05) is 27.3 Å². The van der Waals surface area contributed by atoms with Crippen molar-refractivity contribution in [2.45, 2.75) is 19.9 Å². The Labute approximate surface area is 108 Å². The van der Waals surface area contributed by atoms with Gasteiger partial charge in [0, 0.05) is 30.6 Å². The minimum atomic E-state index is -0.00519. The molecule has 1 aromatic carbocycles. The first-order valence-electron chi connectivity index (χ1n) is 6.28. The summed E-state index contributed by atoms with van der Waals surface area (Å²) in [6, 6.07) is 2.01. The fourth-order valence-electron chi connectivity index (χ4n) is 2.44. The molecule has 1 heterocycles. The van der Waals surface area contributed by atoms with Crippen LogP contribution in [0.3, 0.4) is 0 Å². The third-order valence-corrected chi connectivity index (χ3v) is 3.93. The topological polar surface area (TPSA) is 56.5 Å². The van der Waals surface area contributed by atoms with E-state index in [9.17, 15) is 0 Å². The standard InChI is InChI=1S/C14H22N2O2/c1-8-9(2)14(18-4)11(5-12(8)17-3)13(15)10-6-16-7-10/h5,10,13,16H,6-7,15H2,1-4H3. The first-order chi connectivity index (χ1) is 8.60. The maximum atomic E-state index is 6.34. The Balaban J connectivity index is 2.46. The van der Waals surface area contributed by atoms with Gasteiger partial charge in [0.15, 0.2) is 0 Å². The van der Waals surface area contributed by atoms with E-state index in [1.807, 2.05) is 19.9 Å². The third-order valence-electron chi connectivity index (χ3n) is 3.93. The van der Waals surface area contributed by atoms with E-state index in [1.165, 1.54) is 0 Å². The fourth-order valence-corrected chi connectivity index (χ4v) is 2.44. The highest BCUT2D eigenvalue weighted by molar-refractivity contribution is 5.53. The van der Waals surface area contributed by atoms with Crippen molar-refractivity contribution < 1.29 is 9.47 Å². The molecule has 1 fully saturated rings. The summed E-state index contributed by atoms with van der Waals surface area (Å²) in [5, 5.41) is 3.25. The minimum Gasteiger partial charge on any atom is -0.496 e. The zero-order valence-corrected chi connectivity index (χ0v) is 11.5. The Kier molecular flexibility index (Phi) is 3.78. The molecule has 1 aliphatic heterocycles. The Morgan fingerprint density at radius 1 is 1.22 bits per heavy atom. The number of rotatable bonds is 4. The number of methoxy groups -OCH3 is 2. The summed E-state index contributed by atoms with van der Waals surface area (Å²) < 4.78 is 11.0. The Morgan fingerprint density at radius 2 is 1.89 bits per heavy atom. The zero-order valence-electron chi connectivity index (χ0n) is 11.5. The van der Waals surface area contributed by atoms with Gasteiger partial charge in [-0.3, -0.25) is 0 Å². The molecule has 0 bridgehead atoms. The van der Waals surface area contributed by atoms with E-state index in [0.29, 0.717) is 5.92 Å². The van der Waals surface area contributed by atoms with Crippen LogP contribution < -0.4 is 20.5 Å². The van der Waals surface area contributed by atoms with E-state index >= 15 is 0 Å². The van der Waals surface area contributed by atoms with Crippen LogP contribution in [0.1, 0.15) is 22.7 Å². The monoisotopic (exact) mass is 250 g/mol. The molecule has 0 aromatic heterocycles. The van der Waals surface area contributed by atoms with Crippen molar-refractivity contribution >= 4 is 0 Å². The number of hydrogen-bond acceptors (Lipinski definition) is 4. The lowest BCUT2D eigenvalue weighted by molar-refractivity contribution is 0.287. The van der Waals surface area contributed by atoms with Crippen LogP contribution in [0.5, 0.6) is 11.5 Å². The molecule has 2 rings (SSSR count). The lowest BCUT2D eigenvalue weighted by Gasteiger charge is -2.34. The van der Waals surface area contributed by atoms with Crippen molar-refractivity contribution in [1.29, 1.82) is 0 Å². The average molecular weight is 250 g/mol. The first-order valence-corrected chi connectivity index (χ1v) is 6.28. The molecule has 18 heavy (non-hydrogen) atoms. The summed E-state index contributed by atoms with van der Waals surface area (Å²) in [6.45, 7) is 6.03. The summed E-state index contributed by atoms with van der Waals surface area (Å²) >= 11 is 0. The van der Waals surface area contributed by atoms with E-state index in [1.54, 1.807) is 14.2 Å². The largest absolute Gasteiger partial charge is 0.496 e. The van der Waals surface area contributed by atoms with Crippen molar-refractivity contribution in [1.82, 2.24) is 5.32 Å². The van der Waals surface area contributed by atoms with Crippen LogP contribution in [0.4, 0.5) is 0 Å². The quantitative estimate of drug-likeness (QED) is 0.851. The molecule has 4 nitrogen and oxygen atoms in total. The Hall–Kier alpha value is -1.26. The number of nitrogens with one attached hydrogen (secondary N) is 1. The van der Waals surface area contributed by atoms with Crippen LogP contribution in [-0.4, -0.2) is 27.3 Å². The van der Waals surface area contributed by atoms with Gasteiger partial charge in [0.2, 0.25) is 0 Å².